The summed E-state index contributed by atoms with van der Waals surface area (Å²) in [5.74, 6) is -0.630. The normalized spacial score (nSPS) is 12.9. The molecule has 2 atom stereocenters. The van der Waals surface area contributed by atoms with E-state index in [9.17, 15) is 14.7 Å². The summed E-state index contributed by atoms with van der Waals surface area (Å²) in [6, 6.07) is 19.2. The Bertz CT molecular complexity index is 1490. The fraction of sp³-hybridized carbons (Fsp3) is 0.207. The third-order valence-corrected chi connectivity index (χ3v) is 7.31. The van der Waals surface area contributed by atoms with Crippen LogP contribution in [0, 0.1) is 0 Å². The van der Waals surface area contributed by atoms with E-state index in [0.29, 0.717) is 40.2 Å². The monoisotopic (exact) mass is 575 g/mol. The Morgan fingerprint density at radius 2 is 1.76 bits per heavy atom. The highest BCUT2D eigenvalue weighted by Gasteiger charge is 2.32. The van der Waals surface area contributed by atoms with Gasteiger partial charge in [-0.2, -0.15) is 0 Å². The first kappa shape index (κ1) is 27.3. The molecule has 38 heavy (non-hydrogen) atoms. The minimum absolute atomic E-state index is 0.411. The third kappa shape index (κ3) is 5.55. The number of nitrogens with zero attached hydrogens (tertiary/aromatic N) is 2. The Balaban J connectivity index is 1.66. The number of hydrogen-bond acceptors (Lipinski definition) is 6. The summed E-state index contributed by atoms with van der Waals surface area (Å²) in [4.78, 5) is 31.3. The van der Waals surface area contributed by atoms with Crippen molar-refractivity contribution < 1.29 is 14.7 Å². The second kappa shape index (κ2) is 11.7. The largest absolute Gasteiger partial charge is 0.383 e. The molecule has 0 aliphatic carbocycles. The number of anilines is 2. The lowest BCUT2D eigenvalue weighted by Crippen LogP contribution is -2.42. The van der Waals surface area contributed by atoms with Gasteiger partial charge in [0, 0.05) is 27.3 Å². The molecule has 4 aromatic rings. The zero-order valence-corrected chi connectivity index (χ0v) is 22.8. The van der Waals surface area contributed by atoms with Crippen LogP contribution in [0.4, 0.5) is 11.5 Å². The number of likely N-dealkylation sites (N-methyl/N-ethyl adjacent to an activating group) is 1. The van der Waals surface area contributed by atoms with Crippen molar-refractivity contribution >= 4 is 50.0 Å². The van der Waals surface area contributed by atoms with E-state index in [1.165, 1.54) is 0 Å². The number of rotatable bonds is 9. The molecular formula is C29H30BrN5O3. The quantitative estimate of drug-likeness (QED) is 0.228. The number of hydrogen-bond donors (Lipinski definition) is 4. The number of nitrogens with two attached hydrogens (primary N) is 2. The Morgan fingerprint density at radius 1 is 1.03 bits per heavy atom. The second-order valence-electron chi connectivity index (χ2n) is 8.88. The van der Waals surface area contributed by atoms with Crippen molar-refractivity contribution in [2.45, 2.75) is 26.0 Å². The minimum atomic E-state index is -1.36. The van der Waals surface area contributed by atoms with Crippen LogP contribution in [0.25, 0.3) is 21.9 Å². The number of aromatic nitrogens is 1. The van der Waals surface area contributed by atoms with Gasteiger partial charge in [0.2, 0.25) is 5.91 Å². The lowest BCUT2D eigenvalue weighted by molar-refractivity contribution is -0.127. The van der Waals surface area contributed by atoms with Crippen molar-refractivity contribution in [2.75, 3.05) is 24.1 Å². The number of carbonyl (C=O) groups excluding carboxylic acids is 2. The maximum absolute atomic E-state index is 13.3. The van der Waals surface area contributed by atoms with Gasteiger partial charge in [-0.1, -0.05) is 60.1 Å². The Morgan fingerprint density at radius 3 is 2.45 bits per heavy atom. The Hall–Kier alpha value is -3.79. The molecule has 3 aromatic carbocycles. The van der Waals surface area contributed by atoms with E-state index in [2.05, 4.69) is 26.2 Å². The summed E-state index contributed by atoms with van der Waals surface area (Å²) in [6.07, 6.45) is 0.251. The van der Waals surface area contributed by atoms with E-state index in [-0.39, 0.29) is 0 Å². The zero-order valence-electron chi connectivity index (χ0n) is 21.2. The second-order valence-corrected chi connectivity index (χ2v) is 9.74. The van der Waals surface area contributed by atoms with Crippen LogP contribution in [0.5, 0.6) is 0 Å². The van der Waals surface area contributed by atoms with Gasteiger partial charge in [-0.25, -0.2) is 4.98 Å². The molecular weight excluding hydrogens is 546 g/mol. The summed E-state index contributed by atoms with van der Waals surface area (Å²) in [7, 11) is 0. The summed E-state index contributed by atoms with van der Waals surface area (Å²) in [5.41, 5.74) is 14.7. The zero-order chi connectivity index (χ0) is 27.4. The lowest BCUT2D eigenvalue weighted by atomic mass is 9.94. The van der Waals surface area contributed by atoms with Crippen molar-refractivity contribution in [3.63, 3.8) is 0 Å². The van der Waals surface area contributed by atoms with Crippen LogP contribution in [0.2, 0.25) is 0 Å². The molecule has 0 aliphatic rings. The van der Waals surface area contributed by atoms with Crippen molar-refractivity contribution in [1.29, 1.82) is 0 Å². The van der Waals surface area contributed by atoms with Crippen LogP contribution >= 0.6 is 15.9 Å². The molecule has 196 valence electrons. The minimum Gasteiger partial charge on any atom is -0.383 e. The maximum atomic E-state index is 13.3. The predicted molar refractivity (Wildman–Crippen MR) is 155 cm³/mol. The summed E-state index contributed by atoms with van der Waals surface area (Å²) >= 11 is 3.63. The number of nitrogen functional groups attached to an aromatic ring is 1. The van der Waals surface area contributed by atoms with Gasteiger partial charge in [0.1, 0.15) is 5.82 Å². The first-order chi connectivity index (χ1) is 18.2. The van der Waals surface area contributed by atoms with Crippen LogP contribution in [-0.4, -0.2) is 46.0 Å². The number of halogens is 1. The van der Waals surface area contributed by atoms with E-state index in [1.807, 2.05) is 55.1 Å². The van der Waals surface area contributed by atoms with Gasteiger partial charge >= 0.3 is 0 Å². The van der Waals surface area contributed by atoms with E-state index in [1.54, 1.807) is 36.5 Å². The van der Waals surface area contributed by atoms with Gasteiger partial charge in [-0.3, -0.25) is 14.5 Å². The highest BCUT2D eigenvalue weighted by molar-refractivity contribution is 9.10. The van der Waals surface area contributed by atoms with E-state index in [4.69, 9.17) is 11.5 Å². The van der Waals surface area contributed by atoms with Gasteiger partial charge in [0.05, 0.1) is 6.04 Å². The van der Waals surface area contributed by atoms with Gasteiger partial charge in [-0.15, -0.1) is 0 Å². The maximum Gasteiger partial charge on any atom is 0.255 e. The van der Waals surface area contributed by atoms with Crippen molar-refractivity contribution in [1.82, 2.24) is 9.88 Å². The molecule has 4 rings (SSSR count). The van der Waals surface area contributed by atoms with E-state index in [0.717, 1.165) is 21.9 Å². The van der Waals surface area contributed by atoms with Crippen molar-refractivity contribution in [3.8, 4) is 11.1 Å². The summed E-state index contributed by atoms with van der Waals surface area (Å²) < 4.78 is 0.717. The predicted octanol–water partition coefficient (Wildman–Crippen LogP) is 4.73. The summed E-state index contributed by atoms with van der Waals surface area (Å²) in [5, 5.41) is 15.8. The smallest absolute Gasteiger partial charge is 0.255 e. The number of aliphatic hydroxyl groups is 1. The first-order valence-corrected chi connectivity index (χ1v) is 13.1. The van der Waals surface area contributed by atoms with Crippen molar-refractivity contribution in [3.05, 3.63) is 88.5 Å². The molecule has 8 nitrogen and oxygen atoms in total. The molecule has 2 amide bonds. The number of amides is 2. The van der Waals surface area contributed by atoms with E-state index >= 15 is 0 Å². The SMILES string of the molecule is CCN(CC)C(c1ccc(-c2ccccc2C(N)=O)c(Br)c1)C(O)C(=O)Nc1ccc2c(N)nccc2c1. The van der Waals surface area contributed by atoms with Gasteiger partial charge in [-0.05, 0) is 71.6 Å². The standard InChI is InChI=1S/C29H30BrN5O3/c1-3-35(4-2)25(18-9-11-22(24(30)16-18)21-7-5-6-8-23(21)28(32)37)26(36)29(38)34-19-10-12-20-17(15-19)13-14-33-27(20)31/h5-16,25-26,36H,3-4H2,1-2H3,(H2,31,33)(H2,32,37)(H,34,38). The topological polar surface area (TPSA) is 135 Å². The lowest BCUT2D eigenvalue weighted by Gasteiger charge is -2.33. The molecule has 0 fully saturated rings. The summed E-state index contributed by atoms with van der Waals surface area (Å²) in [6.45, 7) is 5.21. The molecule has 1 heterocycles. The number of carbonyl (C=O) groups is 2. The first-order valence-electron chi connectivity index (χ1n) is 12.3. The van der Waals surface area contributed by atoms with Gasteiger partial charge in [0.25, 0.3) is 5.91 Å². The van der Waals surface area contributed by atoms with E-state index < -0.39 is 24.0 Å². The molecule has 1 aromatic heterocycles. The highest BCUT2D eigenvalue weighted by Crippen LogP contribution is 2.35. The van der Waals surface area contributed by atoms with Crippen molar-refractivity contribution in [2.24, 2.45) is 5.73 Å². The fourth-order valence-corrected chi connectivity index (χ4v) is 5.33. The Labute approximate surface area is 229 Å². The number of fused-ring (bicyclic) bond motifs is 1. The van der Waals surface area contributed by atoms with Crippen LogP contribution in [-0.2, 0) is 4.79 Å². The average molecular weight is 576 g/mol. The number of benzene rings is 3. The Kier molecular flexibility index (Phi) is 8.41. The average Bonchev–Trinajstić information content (AvgIpc) is 2.91. The number of primary amides is 1. The van der Waals surface area contributed by atoms with Gasteiger partial charge < -0.3 is 21.9 Å². The molecule has 9 heteroatoms. The van der Waals surface area contributed by atoms with Crippen LogP contribution in [0.3, 0.4) is 0 Å². The number of nitrogens with one attached hydrogen (secondary N) is 1. The molecule has 0 radical (unpaired) electrons. The van der Waals surface area contributed by atoms with Crippen LogP contribution in [0.1, 0.15) is 35.8 Å². The van der Waals surface area contributed by atoms with Gasteiger partial charge in [0.15, 0.2) is 6.10 Å². The number of aliphatic hydroxyl groups excluding tert-OH is 1. The third-order valence-electron chi connectivity index (χ3n) is 6.65. The highest BCUT2D eigenvalue weighted by atomic mass is 79.9. The molecule has 2 unspecified atom stereocenters. The molecule has 0 spiro atoms. The fourth-order valence-electron chi connectivity index (χ4n) is 4.72. The molecule has 6 N–H and O–H groups in total. The molecule has 0 bridgehead atoms. The molecule has 0 saturated heterocycles. The molecule has 0 aliphatic heterocycles. The molecule has 0 saturated carbocycles. The van der Waals surface area contributed by atoms with Crippen LogP contribution < -0.4 is 16.8 Å². The number of pyridine rings is 1. The van der Waals surface area contributed by atoms with Crippen LogP contribution in [0.15, 0.2) is 77.4 Å².